The van der Waals surface area contributed by atoms with Crippen LogP contribution in [0.1, 0.15) is 11.1 Å². The third kappa shape index (κ3) is 2.40. The van der Waals surface area contributed by atoms with Crippen LogP contribution in [0.4, 0.5) is 0 Å². The van der Waals surface area contributed by atoms with E-state index in [1.54, 1.807) is 0 Å². The fraction of sp³-hybridized carbons (Fsp3) is 0.0667. The lowest BCUT2D eigenvalue weighted by Gasteiger charge is -2.05. The van der Waals surface area contributed by atoms with Crippen LogP contribution in [-0.2, 0) is 6.54 Å². The van der Waals surface area contributed by atoms with Gasteiger partial charge in [0.2, 0.25) is 0 Å². The molecule has 0 bridgehead atoms. The minimum atomic E-state index is 0.667. The minimum absolute atomic E-state index is 0.667. The van der Waals surface area contributed by atoms with Crippen LogP contribution in [0.2, 0.25) is 0 Å². The first kappa shape index (κ1) is 13.1. The van der Waals surface area contributed by atoms with Crippen LogP contribution >= 0.6 is 28.1 Å². The number of aromatic amines is 1. The van der Waals surface area contributed by atoms with Gasteiger partial charge in [-0.3, -0.25) is 0 Å². The molecule has 0 amide bonds. The molecule has 2 aromatic carbocycles. The minimum Gasteiger partial charge on any atom is -0.331 e. The summed E-state index contributed by atoms with van der Waals surface area (Å²) in [6.45, 7) is 0.687. The van der Waals surface area contributed by atoms with Crippen LogP contribution in [0, 0.1) is 16.1 Å². The average Bonchev–Trinajstić information content (AvgIpc) is 2.75. The fourth-order valence-corrected chi connectivity index (χ4v) is 2.79. The second-order valence-corrected chi connectivity index (χ2v) is 5.79. The molecule has 0 saturated carbocycles. The van der Waals surface area contributed by atoms with Crippen molar-refractivity contribution in [1.82, 2.24) is 9.55 Å². The van der Waals surface area contributed by atoms with Crippen LogP contribution in [0.5, 0.6) is 0 Å². The first-order chi connectivity index (χ1) is 9.67. The largest absolute Gasteiger partial charge is 0.331 e. The second kappa shape index (κ2) is 5.23. The van der Waals surface area contributed by atoms with Crippen molar-refractivity contribution >= 4 is 39.2 Å². The maximum absolute atomic E-state index is 8.82. The van der Waals surface area contributed by atoms with E-state index in [1.165, 1.54) is 0 Å². The quantitative estimate of drug-likeness (QED) is 0.701. The molecule has 0 saturated heterocycles. The summed E-state index contributed by atoms with van der Waals surface area (Å²) in [6, 6.07) is 15.7. The van der Waals surface area contributed by atoms with E-state index in [9.17, 15) is 0 Å². The number of rotatable bonds is 2. The van der Waals surface area contributed by atoms with E-state index >= 15 is 0 Å². The molecule has 0 aliphatic rings. The van der Waals surface area contributed by atoms with Gasteiger partial charge in [-0.2, -0.15) is 5.26 Å². The number of nitriles is 1. The lowest BCUT2D eigenvalue weighted by molar-refractivity contribution is 0.810. The summed E-state index contributed by atoms with van der Waals surface area (Å²) in [7, 11) is 0. The Labute approximate surface area is 129 Å². The predicted octanol–water partition coefficient (Wildman–Crippen LogP) is 4.38. The average molecular weight is 344 g/mol. The zero-order valence-electron chi connectivity index (χ0n) is 10.4. The second-order valence-electron chi connectivity index (χ2n) is 4.49. The summed E-state index contributed by atoms with van der Waals surface area (Å²) in [5.74, 6) is 0. The molecule has 1 heterocycles. The van der Waals surface area contributed by atoms with Crippen LogP contribution in [0.15, 0.2) is 46.9 Å². The summed E-state index contributed by atoms with van der Waals surface area (Å²) in [6.07, 6.45) is 0. The standard InChI is InChI=1S/C15H10BrN3S/c16-12-5-6-14-13(7-12)18-15(20)19(14)9-11-3-1-10(8-17)2-4-11/h1-7H,9H2,(H,18,20). The lowest BCUT2D eigenvalue weighted by atomic mass is 10.1. The first-order valence-corrected chi connectivity index (χ1v) is 7.24. The van der Waals surface area contributed by atoms with Crippen molar-refractivity contribution in [2.24, 2.45) is 0 Å². The predicted molar refractivity (Wildman–Crippen MR) is 85.1 cm³/mol. The van der Waals surface area contributed by atoms with E-state index in [0.29, 0.717) is 16.9 Å². The van der Waals surface area contributed by atoms with E-state index in [0.717, 1.165) is 21.1 Å². The normalized spacial score (nSPS) is 10.6. The van der Waals surface area contributed by atoms with Crippen molar-refractivity contribution < 1.29 is 0 Å². The molecule has 1 aromatic heterocycles. The number of nitrogens with zero attached hydrogens (tertiary/aromatic N) is 2. The molecule has 0 aliphatic heterocycles. The molecule has 0 atom stereocenters. The molecule has 0 fully saturated rings. The Hall–Kier alpha value is -1.90. The molecule has 0 spiro atoms. The summed E-state index contributed by atoms with van der Waals surface area (Å²) in [5, 5.41) is 8.82. The lowest BCUT2D eigenvalue weighted by Crippen LogP contribution is -1.99. The van der Waals surface area contributed by atoms with E-state index < -0.39 is 0 Å². The molecule has 1 N–H and O–H groups in total. The van der Waals surface area contributed by atoms with Gasteiger partial charge in [-0.25, -0.2) is 0 Å². The smallest absolute Gasteiger partial charge is 0.178 e. The van der Waals surface area contributed by atoms with Crippen LogP contribution in [0.3, 0.4) is 0 Å². The van der Waals surface area contributed by atoms with Gasteiger partial charge in [0.25, 0.3) is 0 Å². The van der Waals surface area contributed by atoms with E-state index in [4.69, 9.17) is 17.5 Å². The van der Waals surface area contributed by atoms with Crippen molar-refractivity contribution in [1.29, 1.82) is 5.26 Å². The van der Waals surface area contributed by atoms with Crippen molar-refractivity contribution in [2.45, 2.75) is 6.54 Å². The molecule has 3 aromatic rings. The van der Waals surface area contributed by atoms with E-state index in [2.05, 4.69) is 31.6 Å². The van der Waals surface area contributed by atoms with Crippen molar-refractivity contribution in [3.05, 3.63) is 62.8 Å². The Morgan fingerprint density at radius 1 is 1.20 bits per heavy atom. The van der Waals surface area contributed by atoms with Gasteiger partial charge < -0.3 is 9.55 Å². The van der Waals surface area contributed by atoms with Gasteiger partial charge in [0.1, 0.15) is 0 Å². The van der Waals surface area contributed by atoms with Crippen molar-refractivity contribution in [3.63, 3.8) is 0 Å². The highest BCUT2D eigenvalue weighted by Crippen LogP contribution is 2.20. The zero-order chi connectivity index (χ0) is 14.1. The number of nitrogens with one attached hydrogen (secondary N) is 1. The summed E-state index contributed by atoms with van der Waals surface area (Å²) >= 11 is 8.84. The Bertz CT molecular complexity index is 869. The molecule has 98 valence electrons. The maximum Gasteiger partial charge on any atom is 0.178 e. The van der Waals surface area contributed by atoms with Gasteiger partial charge >= 0.3 is 0 Å². The van der Waals surface area contributed by atoms with Crippen LogP contribution < -0.4 is 0 Å². The molecule has 5 heteroatoms. The van der Waals surface area contributed by atoms with Gasteiger partial charge in [0.15, 0.2) is 4.77 Å². The number of halogens is 1. The van der Waals surface area contributed by atoms with Crippen molar-refractivity contribution in [2.75, 3.05) is 0 Å². The topological polar surface area (TPSA) is 44.5 Å². The van der Waals surface area contributed by atoms with E-state index in [-0.39, 0.29) is 0 Å². The highest BCUT2D eigenvalue weighted by atomic mass is 79.9. The SMILES string of the molecule is N#Cc1ccc(Cn2c(=S)[nH]c3cc(Br)ccc32)cc1. The number of imidazole rings is 1. The van der Waals surface area contributed by atoms with Crippen molar-refractivity contribution in [3.8, 4) is 6.07 Å². The molecule has 0 unspecified atom stereocenters. The maximum atomic E-state index is 8.82. The Kier molecular flexibility index (Phi) is 3.43. The van der Waals surface area contributed by atoms with Crippen LogP contribution in [0.25, 0.3) is 11.0 Å². The first-order valence-electron chi connectivity index (χ1n) is 6.04. The summed E-state index contributed by atoms with van der Waals surface area (Å²) < 4.78 is 3.77. The van der Waals surface area contributed by atoms with Gasteiger partial charge in [-0.1, -0.05) is 28.1 Å². The Morgan fingerprint density at radius 2 is 1.95 bits per heavy atom. The molecular formula is C15H10BrN3S. The van der Waals surface area contributed by atoms with Gasteiger partial charge in [0.05, 0.1) is 29.2 Å². The number of fused-ring (bicyclic) bond motifs is 1. The molecular weight excluding hydrogens is 334 g/mol. The van der Waals surface area contributed by atoms with E-state index in [1.807, 2.05) is 42.5 Å². The highest BCUT2D eigenvalue weighted by molar-refractivity contribution is 9.10. The molecule has 0 radical (unpaired) electrons. The monoisotopic (exact) mass is 343 g/mol. The molecule has 3 nitrogen and oxygen atoms in total. The fourth-order valence-electron chi connectivity index (χ4n) is 2.16. The number of hydrogen-bond donors (Lipinski definition) is 1. The third-order valence-electron chi connectivity index (χ3n) is 3.16. The van der Waals surface area contributed by atoms with Crippen LogP contribution in [-0.4, -0.2) is 9.55 Å². The molecule has 3 rings (SSSR count). The number of hydrogen-bond acceptors (Lipinski definition) is 2. The molecule has 0 aliphatic carbocycles. The number of aromatic nitrogens is 2. The third-order valence-corrected chi connectivity index (χ3v) is 3.98. The Balaban J connectivity index is 2.04. The van der Waals surface area contributed by atoms with Gasteiger partial charge in [-0.05, 0) is 48.1 Å². The Morgan fingerprint density at radius 3 is 2.65 bits per heavy atom. The van der Waals surface area contributed by atoms with Gasteiger partial charge in [0, 0.05) is 4.47 Å². The van der Waals surface area contributed by atoms with Gasteiger partial charge in [-0.15, -0.1) is 0 Å². The summed E-state index contributed by atoms with van der Waals surface area (Å²) in [4.78, 5) is 3.21. The number of benzene rings is 2. The highest BCUT2D eigenvalue weighted by Gasteiger charge is 2.05. The molecule has 20 heavy (non-hydrogen) atoms. The zero-order valence-corrected chi connectivity index (χ0v) is 12.8. The number of H-pyrrole nitrogens is 1. The summed E-state index contributed by atoms with van der Waals surface area (Å²) in [5.41, 5.74) is 3.87.